The molecular weight excluding hydrogens is 286 g/mol. The minimum Gasteiger partial charge on any atom is -0.356 e. The number of nitrogens with one attached hydrogen (secondary N) is 2. The lowest BCUT2D eigenvalue weighted by Gasteiger charge is -2.04. The monoisotopic (exact) mass is 303 g/mol. The van der Waals surface area contributed by atoms with Gasteiger partial charge in [-0.15, -0.1) is 11.3 Å². The van der Waals surface area contributed by atoms with Gasteiger partial charge in [-0.1, -0.05) is 0 Å². The Balaban J connectivity index is 1.47. The number of rotatable bonds is 6. The lowest BCUT2D eigenvalue weighted by atomic mass is 10.2. The highest BCUT2D eigenvalue weighted by Crippen LogP contribution is 2.16. The maximum atomic E-state index is 12.0. The lowest BCUT2D eigenvalue weighted by molar-refractivity contribution is -0.120. The highest BCUT2D eigenvalue weighted by atomic mass is 32.1. The van der Waals surface area contributed by atoms with Gasteiger partial charge >= 0.3 is 0 Å². The first-order valence-electron chi connectivity index (χ1n) is 6.89. The van der Waals surface area contributed by atoms with Crippen molar-refractivity contribution in [2.24, 2.45) is 0 Å². The Kier molecular flexibility index (Phi) is 4.01. The number of H-pyrrole nitrogens is 1. The van der Waals surface area contributed by atoms with Crippen molar-refractivity contribution < 1.29 is 4.79 Å². The van der Waals surface area contributed by atoms with Gasteiger partial charge in [0, 0.05) is 42.6 Å². The van der Waals surface area contributed by atoms with Gasteiger partial charge in [0.25, 0.3) is 0 Å². The smallest absolute Gasteiger partial charge is 0.225 e. The van der Waals surface area contributed by atoms with E-state index >= 15 is 0 Å². The second-order valence-corrected chi connectivity index (χ2v) is 5.76. The molecule has 3 heterocycles. The fourth-order valence-electron chi connectivity index (χ4n) is 2.21. The number of carbonyl (C=O) groups is 1. The standard InChI is InChI=1S/C14H17N5OS/c1-10-8-19-11(9-21-14(19)18-10)7-13(20)17-4-2-3-12-15-5-6-16-12/h5-6,8-9H,2-4,7H2,1H3,(H,15,16)(H,17,20). The summed E-state index contributed by atoms with van der Waals surface area (Å²) in [7, 11) is 0. The van der Waals surface area contributed by atoms with Crippen LogP contribution in [0, 0.1) is 6.92 Å². The summed E-state index contributed by atoms with van der Waals surface area (Å²) >= 11 is 1.56. The highest BCUT2D eigenvalue weighted by Gasteiger charge is 2.10. The molecular formula is C14H17N5OS. The van der Waals surface area contributed by atoms with Crippen LogP contribution in [0.4, 0.5) is 0 Å². The van der Waals surface area contributed by atoms with E-state index in [0.29, 0.717) is 13.0 Å². The largest absolute Gasteiger partial charge is 0.356 e. The van der Waals surface area contributed by atoms with Gasteiger partial charge in [-0.25, -0.2) is 9.97 Å². The molecule has 0 fully saturated rings. The van der Waals surface area contributed by atoms with E-state index in [-0.39, 0.29) is 5.91 Å². The number of imidazole rings is 2. The number of hydrogen-bond acceptors (Lipinski definition) is 4. The molecule has 0 radical (unpaired) electrons. The van der Waals surface area contributed by atoms with Crippen LogP contribution in [0.5, 0.6) is 0 Å². The molecule has 0 aromatic carbocycles. The highest BCUT2D eigenvalue weighted by molar-refractivity contribution is 7.15. The van der Waals surface area contributed by atoms with E-state index < -0.39 is 0 Å². The summed E-state index contributed by atoms with van der Waals surface area (Å²) in [6.45, 7) is 2.62. The topological polar surface area (TPSA) is 75.1 Å². The van der Waals surface area contributed by atoms with Gasteiger partial charge in [-0.2, -0.15) is 0 Å². The van der Waals surface area contributed by atoms with Crippen molar-refractivity contribution >= 4 is 22.2 Å². The van der Waals surface area contributed by atoms with Crippen LogP contribution in [0.25, 0.3) is 4.96 Å². The van der Waals surface area contributed by atoms with Gasteiger partial charge in [0.2, 0.25) is 5.91 Å². The van der Waals surface area contributed by atoms with E-state index in [1.54, 1.807) is 17.5 Å². The first kappa shape index (κ1) is 13.8. The summed E-state index contributed by atoms with van der Waals surface area (Å²) in [6, 6.07) is 0. The minimum atomic E-state index is 0.0421. The summed E-state index contributed by atoms with van der Waals surface area (Å²) in [5.74, 6) is 0.998. The Morgan fingerprint density at radius 2 is 2.43 bits per heavy atom. The van der Waals surface area contributed by atoms with E-state index in [9.17, 15) is 4.79 Å². The Hall–Kier alpha value is -2.15. The molecule has 0 aliphatic carbocycles. The molecule has 0 aliphatic heterocycles. The molecule has 7 heteroatoms. The SMILES string of the molecule is Cc1cn2c(CC(=O)NCCCc3ncc[nH]3)csc2n1. The number of nitrogens with zero attached hydrogens (tertiary/aromatic N) is 3. The Morgan fingerprint density at radius 1 is 1.52 bits per heavy atom. The molecule has 0 bridgehead atoms. The van der Waals surface area contributed by atoms with Crippen LogP contribution in [0.15, 0.2) is 24.0 Å². The van der Waals surface area contributed by atoms with Crippen molar-refractivity contribution in [2.75, 3.05) is 6.54 Å². The predicted molar refractivity (Wildman–Crippen MR) is 81.4 cm³/mol. The molecule has 3 rings (SSSR count). The molecule has 0 unspecified atom stereocenters. The summed E-state index contributed by atoms with van der Waals surface area (Å²) < 4.78 is 1.99. The third-order valence-corrected chi connectivity index (χ3v) is 4.10. The molecule has 0 spiro atoms. The van der Waals surface area contributed by atoms with Gasteiger partial charge in [0.1, 0.15) is 5.82 Å². The number of thiazole rings is 1. The Bertz CT molecular complexity index is 728. The molecule has 3 aromatic heterocycles. The number of aromatic amines is 1. The van der Waals surface area contributed by atoms with Crippen molar-refractivity contribution in [1.82, 2.24) is 24.7 Å². The molecule has 0 saturated heterocycles. The molecule has 0 atom stereocenters. The summed E-state index contributed by atoms with van der Waals surface area (Å²) in [5, 5.41) is 4.94. The molecule has 1 amide bonds. The quantitative estimate of drug-likeness (QED) is 0.681. The maximum absolute atomic E-state index is 12.0. The van der Waals surface area contributed by atoms with Gasteiger partial charge in [0.05, 0.1) is 12.1 Å². The molecule has 21 heavy (non-hydrogen) atoms. The van der Waals surface area contributed by atoms with E-state index in [4.69, 9.17) is 0 Å². The fourth-order valence-corrected chi connectivity index (χ4v) is 3.13. The number of hydrogen-bond donors (Lipinski definition) is 2. The zero-order valence-electron chi connectivity index (χ0n) is 11.8. The molecule has 110 valence electrons. The first-order valence-corrected chi connectivity index (χ1v) is 7.77. The zero-order chi connectivity index (χ0) is 14.7. The number of aromatic nitrogens is 4. The first-order chi connectivity index (χ1) is 10.2. The third-order valence-electron chi connectivity index (χ3n) is 3.21. The summed E-state index contributed by atoms with van der Waals surface area (Å²) in [5.41, 5.74) is 1.96. The molecule has 3 aromatic rings. The van der Waals surface area contributed by atoms with Gasteiger partial charge in [0.15, 0.2) is 4.96 Å². The minimum absolute atomic E-state index is 0.0421. The van der Waals surface area contributed by atoms with Crippen LogP contribution >= 0.6 is 11.3 Å². The zero-order valence-corrected chi connectivity index (χ0v) is 12.6. The van der Waals surface area contributed by atoms with Gasteiger partial charge < -0.3 is 10.3 Å². The fraction of sp³-hybridized carbons (Fsp3) is 0.357. The number of aryl methyl sites for hydroxylation is 2. The second-order valence-electron chi connectivity index (χ2n) is 4.93. The number of amides is 1. The van der Waals surface area contributed by atoms with Crippen LogP contribution in [0.3, 0.4) is 0 Å². The van der Waals surface area contributed by atoms with Gasteiger partial charge in [-0.05, 0) is 13.3 Å². The Labute approximate surface area is 126 Å². The van der Waals surface area contributed by atoms with Crippen molar-refractivity contribution in [3.63, 3.8) is 0 Å². The molecule has 6 nitrogen and oxygen atoms in total. The maximum Gasteiger partial charge on any atom is 0.225 e. The number of fused-ring (bicyclic) bond motifs is 1. The molecule has 2 N–H and O–H groups in total. The van der Waals surface area contributed by atoms with E-state index in [2.05, 4.69) is 20.3 Å². The Morgan fingerprint density at radius 3 is 3.24 bits per heavy atom. The van der Waals surface area contributed by atoms with Crippen LogP contribution in [0.1, 0.15) is 23.6 Å². The summed E-state index contributed by atoms with van der Waals surface area (Å²) in [6.07, 6.45) is 7.62. The van der Waals surface area contributed by atoms with E-state index in [0.717, 1.165) is 35.0 Å². The summed E-state index contributed by atoms with van der Waals surface area (Å²) in [4.78, 5) is 24.5. The van der Waals surface area contributed by atoms with Crippen molar-refractivity contribution in [2.45, 2.75) is 26.2 Å². The second kappa shape index (κ2) is 6.09. The van der Waals surface area contributed by atoms with Crippen LogP contribution in [0.2, 0.25) is 0 Å². The van der Waals surface area contributed by atoms with Crippen molar-refractivity contribution in [3.8, 4) is 0 Å². The normalized spacial score (nSPS) is 11.1. The van der Waals surface area contributed by atoms with Crippen LogP contribution in [-0.2, 0) is 17.6 Å². The molecule has 0 saturated carbocycles. The van der Waals surface area contributed by atoms with E-state index in [1.165, 1.54) is 0 Å². The predicted octanol–water partition coefficient (Wildman–Crippen LogP) is 1.72. The average molecular weight is 303 g/mol. The van der Waals surface area contributed by atoms with Gasteiger partial charge in [-0.3, -0.25) is 9.20 Å². The lowest BCUT2D eigenvalue weighted by Crippen LogP contribution is -2.26. The van der Waals surface area contributed by atoms with E-state index in [1.807, 2.05) is 29.1 Å². The third kappa shape index (κ3) is 3.30. The number of carbonyl (C=O) groups excluding carboxylic acids is 1. The van der Waals surface area contributed by atoms with Crippen LogP contribution in [-0.4, -0.2) is 31.8 Å². The average Bonchev–Trinajstić information content (AvgIpc) is 3.14. The van der Waals surface area contributed by atoms with Crippen molar-refractivity contribution in [3.05, 3.63) is 41.2 Å². The van der Waals surface area contributed by atoms with Crippen molar-refractivity contribution in [1.29, 1.82) is 0 Å². The van der Waals surface area contributed by atoms with Crippen LogP contribution < -0.4 is 5.32 Å². The molecule has 0 aliphatic rings.